The lowest BCUT2D eigenvalue weighted by Gasteiger charge is -2.10. The summed E-state index contributed by atoms with van der Waals surface area (Å²) in [6, 6.07) is 19.1. The molecule has 0 heterocycles. The van der Waals surface area contributed by atoms with Crippen LogP contribution >= 0.6 is 11.6 Å². The van der Waals surface area contributed by atoms with Crippen LogP contribution in [0, 0.1) is 6.92 Å². The molecule has 0 bridgehead atoms. The Morgan fingerprint density at radius 3 is 2.57 bits per heavy atom. The van der Waals surface area contributed by atoms with Crippen LogP contribution in [0.15, 0.2) is 60.7 Å². The summed E-state index contributed by atoms with van der Waals surface area (Å²) in [6.45, 7) is 1.88. The van der Waals surface area contributed by atoms with Crippen molar-refractivity contribution in [1.29, 1.82) is 0 Å². The number of benzene rings is 3. The van der Waals surface area contributed by atoms with E-state index in [-0.39, 0.29) is 5.91 Å². The maximum absolute atomic E-state index is 12.4. The molecule has 2 nitrogen and oxygen atoms in total. The third-order valence-electron chi connectivity index (χ3n) is 3.47. The fourth-order valence-corrected chi connectivity index (χ4v) is 2.63. The van der Waals surface area contributed by atoms with Gasteiger partial charge in [-0.05, 0) is 42.1 Å². The number of fused-ring (bicyclic) bond motifs is 1. The van der Waals surface area contributed by atoms with Gasteiger partial charge in [0.1, 0.15) is 0 Å². The lowest BCUT2D eigenvalue weighted by molar-refractivity contribution is 0.102. The molecule has 0 radical (unpaired) electrons. The molecule has 0 saturated carbocycles. The summed E-state index contributed by atoms with van der Waals surface area (Å²) in [7, 11) is 0. The number of carbonyl (C=O) groups is 1. The Balaban J connectivity index is 1.97. The van der Waals surface area contributed by atoms with Crippen LogP contribution in [-0.4, -0.2) is 5.91 Å². The molecule has 21 heavy (non-hydrogen) atoms. The van der Waals surface area contributed by atoms with Gasteiger partial charge in [0, 0.05) is 21.7 Å². The molecule has 3 rings (SSSR count). The fraction of sp³-hybridized carbons (Fsp3) is 0.0556. The zero-order chi connectivity index (χ0) is 14.8. The third-order valence-corrected chi connectivity index (χ3v) is 3.71. The topological polar surface area (TPSA) is 29.1 Å². The Kier molecular flexibility index (Phi) is 3.63. The van der Waals surface area contributed by atoms with Crippen molar-refractivity contribution in [2.75, 3.05) is 5.32 Å². The van der Waals surface area contributed by atoms with E-state index in [1.54, 1.807) is 18.2 Å². The maximum Gasteiger partial charge on any atom is 0.255 e. The number of hydrogen-bond donors (Lipinski definition) is 1. The SMILES string of the molecule is Cc1cc(Cl)ccc1C(=O)Nc1cccc2ccccc12. The van der Waals surface area contributed by atoms with Crippen molar-refractivity contribution < 1.29 is 4.79 Å². The van der Waals surface area contributed by atoms with Crippen molar-refractivity contribution in [1.82, 2.24) is 0 Å². The van der Waals surface area contributed by atoms with Crippen LogP contribution < -0.4 is 5.32 Å². The van der Waals surface area contributed by atoms with E-state index in [9.17, 15) is 4.79 Å². The zero-order valence-corrected chi connectivity index (χ0v) is 12.3. The van der Waals surface area contributed by atoms with E-state index in [2.05, 4.69) is 5.32 Å². The van der Waals surface area contributed by atoms with E-state index < -0.39 is 0 Å². The van der Waals surface area contributed by atoms with Gasteiger partial charge in [-0.15, -0.1) is 0 Å². The Morgan fingerprint density at radius 1 is 1.00 bits per heavy atom. The lowest BCUT2D eigenvalue weighted by atomic mass is 10.1. The molecule has 0 aromatic heterocycles. The minimum Gasteiger partial charge on any atom is -0.321 e. The van der Waals surface area contributed by atoms with E-state index in [0.717, 1.165) is 22.0 Å². The zero-order valence-electron chi connectivity index (χ0n) is 11.6. The van der Waals surface area contributed by atoms with Crippen molar-refractivity contribution in [3.05, 3.63) is 76.8 Å². The minimum atomic E-state index is -0.125. The van der Waals surface area contributed by atoms with Gasteiger partial charge in [0.25, 0.3) is 5.91 Å². The number of carbonyl (C=O) groups excluding carboxylic acids is 1. The number of rotatable bonds is 2. The normalized spacial score (nSPS) is 10.6. The van der Waals surface area contributed by atoms with E-state index in [1.807, 2.05) is 49.4 Å². The minimum absolute atomic E-state index is 0.125. The second-order valence-electron chi connectivity index (χ2n) is 4.94. The van der Waals surface area contributed by atoms with Crippen LogP contribution in [0.1, 0.15) is 15.9 Å². The second kappa shape index (κ2) is 5.58. The van der Waals surface area contributed by atoms with Gasteiger partial charge in [0.15, 0.2) is 0 Å². The molecule has 0 atom stereocenters. The maximum atomic E-state index is 12.4. The average Bonchev–Trinajstić information content (AvgIpc) is 2.47. The summed E-state index contributed by atoms with van der Waals surface area (Å²) in [6.07, 6.45) is 0. The number of amides is 1. The standard InChI is InChI=1S/C18H14ClNO/c1-12-11-14(19)9-10-15(12)18(21)20-17-8-4-6-13-5-2-3-7-16(13)17/h2-11H,1H3,(H,20,21). The molecule has 3 aromatic carbocycles. The van der Waals surface area contributed by atoms with Crippen molar-refractivity contribution in [2.45, 2.75) is 6.92 Å². The molecule has 0 unspecified atom stereocenters. The number of aryl methyl sites for hydroxylation is 1. The monoisotopic (exact) mass is 295 g/mol. The van der Waals surface area contributed by atoms with Gasteiger partial charge >= 0.3 is 0 Å². The van der Waals surface area contributed by atoms with Crippen LogP contribution in [0.3, 0.4) is 0 Å². The molecular weight excluding hydrogens is 282 g/mol. The molecule has 0 fully saturated rings. The van der Waals surface area contributed by atoms with Gasteiger partial charge in [-0.3, -0.25) is 4.79 Å². The van der Waals surface area contributed by atoms with E-state index >= 15 is 0 Å². The summed E-state index contributed by atoms with van der Waals surface area (Å²) in [5, 5.41) is 5.74. The predicted molar refractivity (Wildman–Crippen MR) is 88.1 cm³/mol. The molecule has 0 aliphatic carbocycles. The summed E-state index contributed by atoms with van der Waals surface area (Å²) >= 11 is 5.93. The molecule has 104 valence electrons. The molecule has 0 aliphatic heterocycles. The molecule has 0 spiro atoms. The Bertz CT molecular complexity index is 821. The first-order valence-electron chi connectivity index (χ1n) is 6.70. The molecule has 1 N–H and O–H groups in total. The number of hydrogen-bond acceptors (Lipinski definition) is 1. The summed E-state index contributed by atoms with van der Waals surface area (Å²) in [5.74, 6) is -0.125. The van der Waals surface area contributed by atoms with Crippen molar-refractivity contribution in [3.8, 4) is 0 Å². The van der Waals surface area contributed by atoms with Crippen LogP contribution in [0.2, 0.25) is 5.02 Å². The van der Waals surface area contributed by atoms with Gasteiger partial charge in [0.05, 0.1) is 0 Å². The van der Waals surface area contributed by atoms with Gasteiger partial charge in [0.2, 0.25) is 0 Å². The number of anilines is 1. The van der Waals surface area contributed by atoms with Crippen molar-refractivity contribution in [2.24, 2.45) is 0 Å². The number of nitrogens with one attached hydrogen (secondary N) is 1. The van der Waals surface area contributed by atoms with E-state index in [1.165, 1.54) is 0 Å². The Morgan fingerprint density at radius 2 is 1.76 bits per heavy atom. The largest absolute Gasteiger partial charge is 0.321 e. The van der Waals surface area contributed by atoms with Gasteiger partial charge in [-0.25, -0.2) is 0 Å². The molecule has 1 amide bonds. The van der Waals surface area contributed by atoms with Gasteiger partial charge < -0.3 is 5.32 Å². The highest BCUT2D eigenvalue weighted by Crippen LogP contribution is 2.24. The van der Waals surface area contributed by atoms with E-state index in [0.29, 0.717) is 10.6 Å². The third kappa shape index (κ3) is 2.76. The lowest BCUT2D eigenvalue weighted by Crippen LogP contribution is -2.13. The van der Waals surface area contributed by atoms with Gasteiger partial charge in [-0.1, -0.05) is 48.0 Å². The Labute approximate surface area is 128 Å². The molecular formula is C18H14ClNO. The first-order chi connectivity index (χ1) is 10.1. The van der Waals surface area contributed by atoms with Crippen LogP contribution in [0.25, 0.3) is 10.8 Å². The highest BCUT2D eigenvalue weighted by molar-refractivity contribution is 6.30. The summed E-state index contributed by atoms with van der Waals surface area (Å²) in [5.41, 5.74) is 2.31. The van der Waals surface area contributed by atoms with E-state index in [4.69, 9.17) is 11.6 Å². The fourth-order valence-electron chi connectivity index (χ4n) is 2.41. The molecule has 0 aliphatic rings. The van der Waals surface area contributed by atoms with Gasteiger partial charge in [-0.2, -0.15) is 0 Å². The molecule has 3 heteroatoms. The summed E-state index contributed by atoms with van der Waals surface area (Å²) < 4.78 is 0. The van der Waals surface area contributed by atoms with Crippen LogP contribution in [0.5, 0.6) is 0 Å². The first kappa shape index (κ1) is 13.7. The second-order valence-corrected chi connectivity index (χ2v) is 5.38. The Hall–Kier alpha value is -2.32. The van der Waals surface area contributed by atoms with Crippen LogP contribution in [-0.2, 0) is 0 Å². The average molecular weight is 296 g/mol. The highest BCUT2D eigenvalue weighted by Gasteiger charge is 2.11. The van der Waals surface area contributed by atoms with Crippen molar-refractivity contribution in [3.63, 3.8) is 0 Å². The highest BCUT2D eigenvalue weighted by atomic mass is 35.5. The predicted octanol–water partition coefficient (Wildman–Crippen LogP) is 5.05. The smallest absolute Gasteiger partial charge is 0.255 e. The van der Waals surface area contributed by atoms with Crippen LogP contribution in [0.4, 0.5) is 5.69 Å². The summed E-state index contributed by atoms with van der Waals surface area (Å²) in [4.78, 5) is 12.4. The quantitative estimate of drug-likeness (QED) is 0.704. The number of halogens is 1. The first-order valence-corrected chi connectivity index (χ1v) is 7.08. The van der Waals surface area contributed by atoms with Crippen molar-refractivity contribution >= 4 is 34.0 Å². The molecule has 3 aromatic rings. The molecule has 0 saturated heterocycles.